The molecule has 0 aliphatic carbocycles. The number of nitrogens with zero attached hydrogens (tertiary/aromatic N) is 1. The molecule has 0 aliphatic rings. The Kier molecular flexibility index (Phi) is 2.10. The zero-order valence-corrected chi connectivity index (χ0v) is 7.38. The van der Waals surface area contributed by atoms with E-state index in [-0.39, 0.29) is 5.88 Å². The van der Waals surface area contributed by atoms with E-state index in [2.05, 4.69) is 4.42 Å². The first-order valence-corrected chi connectivity index (χ1v) is 4.18. The van der Waals surface area contributed by atoms with E-state index in [1.165, 1.54) is 0 Å². The van der Waals surface area contributed by atoms with Crippen LogP contribution in [0.4, 0.5) is 0 Å². The maximum Gasteiger partial charge on any atom is 0.422 e. The lowest BCUT2D eigenvalue weighted by molar-refractivity contribution is 0.421. The molecule has 14 heavy (non-hydrogen) atoms. The number of aromatic hydroxyl groups is 1. The second-order valence-corrected chi connectivity index (χ2v) is 2.93. The Bertz CT molecular complexity index is 470. The highest BCUT2D eigenvalue weighted by Gasteiger charge is 2.06. The Labute approximate surface area is 80.0 Å². The van der Waals surface area contributed by atoms with Gasteiger partial charge in [-0.15, -0.1) is 0 Å². The summed E-state index contributed by atoms with van der Waals surface area (Å²) in [5, 5.41) is 9.26. The molecule has 1 aromatic heterocycles. The number of benzene rings is 1. The third kappa shape index (κ3) is 1.54. The zero-order valence-electron chi connectivity index (χ0n) is 7.38. The van der Waals surface area contributed by atoms with E-state index in [1.54, 1.807) is 0 Å². The molecule has 0 bridgehead atoms. The maximum atomic E-state index is 11.1. The summed E-state index contributed by atoms with van der Waals surface area (Å²) in [5.74, 6) is -0.704. The van der Waals surface area contributed by atoms with Crippen LogP contribution in [0.3, 0.4) is 0 Å². The van der Waals surface area contributed by atoms with Crippen molar-refractivity contribution in [2.45, 2.75) is 6.54 Å². The highest BCUT2D eigenvalue weighted by Crippen LogP contribution is 2.08. The summed E-state index contributed by atoms with van der Waals surface area (Å²) >= 11 is 0. The lowest BCUT2D eigenvalue weighted by Gasteiger charge is -2.00. The highest BCUT2D eigenvalue weighted by atomic mass is 16.4. The minimum atomic E-state index is -0.550. The van der Waals surface area contributed by atoms with Gasteiger partial charge in [0.05, 0.1) is 6.54 Å². The monoisotopic (exact) mass is 191 g/mol. The van der Waals surface area contributed by atoms with Crippen LogP contribution < -0.4 is 5.76 Å². The van der Waals surface area contributed by atoms with Crippen LogP contribution >= 0.6 is 0 Å². The molecular formula is C10H9NO3. The van der Waals surface area contributed by atoms with Gasteiger partial charge in [-0.3, -0.25) is 0 Å². The fourth-order valence-electron chi connectivity index (χ4n) is 1.24. The molecular weight excluding hydrogens is 182 g/mol. The van der Waals surface area contributed by atoms with Crippen LogP contribution in [-0.2, 0) is 6.54 Å². The van der Waals surface area contributed by atoms with Crippen LogP contribution in [0.25, 0.3) is 0 Å². The molecule has 1 aromatic carbocycles. The third-order valence-electron chi connectivity index (χ3n) is 1.95. The average Bonchev–Trinajstić information content (AvgIpc) is 2.51. The molecule has 0 atom stereocenters. The topological polar surface area (TPSA) is 55.4 Å². The summed E-state index contributed by atoms with van der Waals surface area (Å²) in [5.41, 5.74) is 0.936. The SMILES string of the molecule is O=c1occ(O)n1Cc1ccccc1. The van der Waals surface area contributed by atoms with Gasteiger partial charge >= 0.3 is 5.76 Å². The van der Waals surface area contributed by atoms with Crippen LogP contribution in [0.5, 0.6) is 5.88 Å². The summed E-state index contributed by atoms with van der Waals surface area (Å²) in [4.78, 5) is 11.1. The molecule has 0 amide bonds. The third-order valence-corrected chi connectivity index (χ3v) is 1.95. The summed E-state index contributed by atoms with van der Waals surface area (Å²) in [6, 6.07) is 9.38. The molecule has 0 spiro atoms. The van der Waals surface area contributed by atoms with E-state index in [0.29, 0.717) is 6.54 Å². The van der Waals surface area contributed by atoms with Crippen molar-refractivity contribution in [2.24, 2.45) is 0 Å². The Morgan fingerprint density at radius 2 is 2.00 bits per heavy atom. The molecule has 4 heteroatoms. The van der Waals surface area contributed by atoms with Crippen LogP contribution in [0.2, 0.25) is 0 Å². The van der Waals surface area contributed by atoms with E-state index in [4.69, 9.17) is 0 Å². The van der Waals surface area contributed by atoms with Crippen molar-refractivity contribution in [3.8, 4) is 5.88 Å². The van der Waals surface area contributed by atoms with Gasteiger partial charge in [0, 0.05) is 0 Å². The van der Waals surface area contributed by atoms with E-state index in [1.807, 2.05) is 30.3 Å². The van der Waals surface area contributed by atoms with Crippen molar-refractivity contribution in [1.29, 1.82) is 0 Å². The number of oxazole rings is 1. The Morgan fingerprint density at radius 3 is 2.57 bits per heavy atom. The first-order valence-electron chi connectivity index (χ1n) is 4.18. The highest BCUT2D eigenvalue weighted by molar-refractivity contribution is 5.16. The number of hydrogen-bond acceptors (Lipinski definition) is 3. The molecule has 0 unspecified atom stereocenters. The van der Waals surface area contributed by atoms with Gasteiger partial charge in [0.2, 0.25) is 5.88 Å². The predicted molar refractivity (Wildman–Crippen MR) is 50.2 cm³/mol. The molecule has 2 rings (SSSR count). The second kappa shape index (κ2) is 3.41. The van der Waals surface area contributed by atoms with E-state index >= 15 is 0 Å². The first-order chi connectivity index (χ1) is 6.77. The van der Waals surface area contributed by atoms with Gasteiger partial charge in [0.1, 0.15) is 0 Å². The molecule has 0 saturated heterocycles. The Balaban J connectivity index is 2.32. The van der Waals surface area contributed by atoms with E-state index in [0.717, 1.165) is 16.4 Å². The first kappa shape index (κ1) is 8.62. The smallest absolute Gasteiger partial charge is 0.422 e. The van der Waals surface area contributed by atoms with Crippen LogP contribution in [0, 0.1) is 0 Å². The molecule has 0 fully saturated rings. The molecule has 1 N–H and O–H groups in total. The van der Waals surface area contributed by atoms with Gasteiger partial charge in [0.25, 0.3) is 0 Å². The maximum absolute atomic E-state index is 11.1. The molecule has 2 aromatic rings. The standard InChI is InChI=1S/C10H9NO3/c12-9-7-14-10(13)11(9)6-8-4-2-1-3-5-8/h1-5,7,12H,6H2. The van der Waals surface area contributed by atoms with Crippen molar-refractivity contribution >= 4 is 0 Å². The summed E-state index contributed by atoms with van der Waals surface area (Å²) in [7, 11) is 0. The predicted octanol–water partition coefficient (Wildman–Crippen LogP) is 1.20. The van der Waals surface area contributed by atoms with Gasteiger partial charge in [-0.2, -0.15) is 0 Å². The fraction of sp³-hybridized carbons (Fsp3) is 0.100. The van der Waals surface area contributed by atoms with Crippen molar-refractivity contribution in [2.75, 3.05) is 0 Å². The van der Waals surface area contributed by atoms with Crippen LogP contribution in [0.15, 0.2) is 45.8 Å². The number of aromatic nitrogens is 1. The Morgan fingerprint density at radius 1 is 1.29 bits per heavy atom. The minimum Gasteiger partial charge on any atom is -0.492 e. The van der Waals surface area contributed by atoms with Gasteiger partial charge in [-0.25, -0.2) is 9.36 Å². The molecule has 1 heterocycles. The normalized spacial score (nSPS) is 10.3. The molecule has 0 radical (unpaired) electrons. The van der Waals surface area contributed by atoms with Gasteiger partial charge in [0.15, 0.2) is 6.26 Å². The molecule has 0 saturated carbocycles. The van der Waals surface area contributed by atoms with Crippen LogP contribution in [-0.4, -0.2) is 9.67 Å². The van der Waals surface area contributed by atoms with E-state index in [9.17, 15) is 9.90 Å². The molecule has 0 aliphatic heterocycles. The van der Waals surface area contributed by atoms with Crippen molar-refractivity contribution in [3.05, 3.63) is 52.7 Å². The molecule has 72 valence electrons. The van der Waals surface area contributed by atoms with Crippen molar-refractivity contribution in [1.82, 2.24) is 4.57 Å². The van der Waals surface area contributed by atoms with Gasteiger partial charge in [-0.1, -0.05) is 30.3 Å². The average molecular weight is 191 g/mol. The minimum absolute atomic E-state index is 0.154. The summed E-state index contributed by atoms with van der Waals surface area (Å²) in [6.07, 6.45) is 1.03. The quantitative estimate of drug-likeness (QED) is 0.775. The zero-order chi connectivity index (χ0) is 9.97. The lowest BCUT2D eigenvalue weighted by Crippen LogP contribution is -2.14. The van der Waals surface area contributed by atoms with Gasteiger partial charge in [-0.05, 0) is 5.56 Å². The fourth-order valence-corrected chi connectivity index (χ4v) is 1.24. The number of hydrogen-bond donors (Lipinski definition) is 1. The second-order valence-electron chi connectivity index (χ2n) is 2.93. The lowest BCUT2D eigenvalue weighted by atomic mass is 10.2. The summed E-state index contributed by atoms with van der Waals surface area (Å²) < 4.78 is 5.69. The molecule has 4 nitrogen and oxygen atoms in total. The van der Waals surface area contributed by atoms with E-state index < -0.39 is 5.76 Å². The van der Waals surface area contributed by atoms with Crippen molar-refractivity contribution < 1.29 is 9.52 Å². The van der Waals surface area contributed by atoms with Gasteiger partial charge < -0.3 is 9.52 Å². The van der Waals surface area contributed by atoms with Crippen molar-refractivity contribution in [3.63, 3.8) is 0 Å². The van der Waals surface area contributed by atoms with Crippen LogP contribution in [0.1, 0.15) is 5.56 Å². The number of rotatable bonds is 2. The Hall–Kier alpha value is -1.97. The largest absolute Gasteiger partial charge is 0.492 e. The summed E-state index contributed by atoms with van der Waals surface area (Å²) in [6.45, 7) is 0.321.